The van der Waals surface area contributed by atoms with Crippen LogP contribution in [0.2, 0.25) is 0 Å². The molecule has 0 bridgehead atoms. The van der Waals surface area contributed by atoms with Crippen molar-refractivity contribution in [3.63, 3.8) is 0 Å². The molecule has 0 saturated carbocycles. The van der Waals surface area contributed by atoms with Gasteiger partial charge in [0, 0.05) is 15.5 Å². The topological polar surface area (TPSA) is 49.8 Å². The van der Waals surface area contributed by atoms with E-state index in [1.807, 2.05) is 25.1 Å². The SMILES string of the molecule is CCNc1ncc(F)c(Nc2cc(Br)ccc2Br)n1. The standard InChI is InChI=1S/C12H11Br2FN4/c1-2-16-12-17-6-9(15)11(19-12)18-10-5-7(13)3-4-8(10)14/h3-6H,2H2,1H3,(H2,16,17,18,19). The first-order chi connectivity index (χ1) is 9.10. The van der Waals surface area contributed by atoms with Crippen LogP contribution in [0, 0.1) is 5.82 Å². The van der Waals surface area contributed by atoms with Crippen molar-refractivity contribution in [2.45, 2.75) is 6.92 Å². The molecule has 0 saturated heterocycles. The largest absolute Gasteiger partial charge is 0.354 e. The van der Waals surface area contributed by atoms with Gasteiger partial charge in [-0.2, -0.15) is 4.98 Å². The third-order valence-electron chi connectivity index (χ3n) is 2.26. The van der Waals surface area contributed by atoms with Gasteiger partial charge in [-0.3, -0.25) is 0 Å². The number of hydrogen-bond acceptors (Lipinski definition) is 4. The van der Waals surface area contributed by atoms with Crippen LogP contribution in [0.1, 0.15) is 6.92 Å². The summed E-state index contributed by atoms with van der Waals surface area (Å²) in [5.74, 6) is 0.01000. The minimum absolute atomic E-state index is 0.129. The van der Waals surface area contributed by atoms with Crippen molar-refractivity contribution in [1.82, 2.24) is 9.97 Å². The highest BCUT2D eigenvalue weighted by atomic mass is 79.9. The fourth-order valence-electron chi connectivity index (χ4n) is 1.42. The van der Waals surface area contributed by atoms with E-state index < -0.39 is 5.82 Å². The number of aromatic nitrogens is 2. The first-order valence-corrected chi connectivity index (χ1v) is 7.17. The van der Waals surface area contributed by atoms with E-state index in [2.05, 4.69) is 52.5 Å². The van der Waals surface area contributed by atoms with Gasteiger partial charge in [0.15, 0.2) is 11.6 Å². The van der Waals surface area contributed by atoms with Gasteiger partial charge < -0.3 is 10.6 Å². The lowest BCUT2D eigenvalue weighted by Crippen LogP contribution is -2.06. The molecule has 7 heteroatoms. The van der Waals surface area contributed by atoms with E-state index in [0.717, 1.165) is 20.8 Å². The van der Waals surface area contributed by atoms with Crippen LogP contribution in [0.25, 0.3) is 0 Å². The van der Waals surface area contributed by atoms with E-state index in [9.17, 15) is 4.39 Å². The predicted octanol–water partition coefficient (Wildman–Crippen LogP) is 4.32. The van der Waals surface area contributed by atoms with Crippen molar-refractivity contribution in [2.75, 3.05) is 17.2 Å². The molecule has 0 spiro atoms. The highest BCUT2D eigenvalue weighted by Crippen LogP contribution is 2.29. The van der Waals surface area contributed by atoms with Crippen molar-refractivity contribution in [1.29, 1.82) is 0 Å². The number of hydrogen-bond donors (Lipinski definition) is 2. The molecule has 0 aliphatic heterocycles. The minimum Gasteiger partial charge on any atom is -0.354 e. The Balaban J connectivity index is 2.31. The molecule has 1 heterocycles. The summed E-state index contributed by atoms with van der Waals surface area (Å²) >= 11 is 6.76. The first-order valence-electron chi connectivity index (χ1n) is 5.58. The second-order valence-electron chi connectivity index (χ2n) is 3.67. The van der Waals surface area contributed by atoms with E-state index >= 15 is 0 Å². The number of nitrogens with zero attached hydrogens (tertiary/aromatic N) is 2. The lowest BCUT2D eigenvalue weighted by Gasteiger charge is -2.10. The molecule has 4 nitrogen and oxygen atoms in total. The molecule has 1 aromatic heterocycles. The van der Waals surface area contributed by atoms with Crippen LogP contribution >= 0.6 is 31.9 Å². The molecule has 19 heavy (non-hydrogen) atoms. The highest BCUT2D eigenvalue weighted by molar-refractivity contribution is 9.11. The molecule has 2 rings (SSSR count). The summed E-state index contributed by atoms with van der Waals surface area (Å²) in [6, 6.07) is 5.57. The lowest BCUT2D eigenvalue weighted by atomic mass is 10.3. The van der Waals surface area contributed by atoms with Crippen molar-refractivity contribution in [3.8, 4) is 0 Å². The molecule has 2 aromatic rings. The third kappa shape index (κ3) is 3.63. The molecule has 0 amide bonds. The fraction of sp³-hybridized carbons (Fsp3) is 0.167. The summed E-state index contributed by atoms with van der Waals surface area (Å²) in [6.07, 6.45) is 1.14. The molecule has 0 radical (unpaired) electrons. The third-order valence-corrected chi connectivity index (χ3v) is 3.45. The maximum atomic E-state index is 13.7. The summed E-state index contributed by atoms with van der Waals surface area (Å²) < 4.78 is 15.4. The van der Waals surface area contributed by atoms with Crippen molar-refractivity contribution < 1.29 is 4.39 Å². The Morgan fingerprint density at radius 1 is 1.32 bits per heavy atom. The van der Waals surface area contributed by atoms with Crippen LogP contribution in [0.15, 0.2) is 33.3 Å². The Hall–Kier alpha value is -1.21. The van der Waals surface area contributed by atoms with Gasteiger partial charge >= 0.3 is 0 Å². The van der Waals surface area contributed by atoms with Gasteiger partial charge in [0.25, 0.3) is 0 Å². The Morgan fingerprint density at radius 3 is 2.84 bits per heavy atom. The molecule has 0 fully saturated rings. The Morgan fingerprint density at radius 2 is 2.11 bits per heavy atom. The van der Waals surface area contributed by atoms with Crippen molar-refractivity contribution in [3.05, 3.63) is 39.2 Å². The van der Waals surface area contributed by atoms with Gasteiger partial charge in [-0.25, -0.2) is 9.37 Å². The molecule has 1 aromatic carbocycles. The Labute approximate surface area is 127 Å². The molecular weight excluding hydrogens is 379 g/mol. The maximum Gasteiger partial charge on any atom is 0.224 e. The van der Waals surface area contributed by atoms with E-state index in [4.69, 9.17) is 0 Å². The number of anilines is 3. The number of nitrogens with one attached hydrogen (secondary N) is 2. The number of benzene rings is 1. The summed E-state index contributed by atoms with van der Waals surface area (Å²) in [6.45, 7) is 2.59. The quantitative estimate of drug-likeness (QED) is 0.817. The van der Waals surface area contributed by atoms with Crippen LogP contribution in [0.3, 0.4) is 0 Å². The molecular formula is C12H11Br2FN4. The molecule has 0 aliphatic rings. The molecule has 0 unspecified atom stereocenters. The van der Waals surface area contributed by atoms with Crippen molar-refractivity contribution >= 4 is 49.3 Å². The van der Waals surface area contributed by atoms with Crippen molar-refractivity contribution in [2.24, 2.45) is 0 Å². The van der Waals surface area contributed by atoms with Crippen LogP contribution in [-0.2, 0) is 0 Å². The first kappa shape index (κ1) is 14.2. The second-order valence-corrected chi connectivity index (χ2v) is 5.44. The van der Waals surface area contributed by atoms with E-state index in [1.54, 1.807) is 0 Å². The van der Waals surface area contributed by atoms with Gasteiger partial charge in [0.1, 0.15) is 0 Å². The summed E-state index contributed by atoms with van der Waals surface area (Å²) in [4.78, 5) is 7.94. The highest BCUT2D eigenvalue weighted by Gasteiger charge is 2.09. The maximum absolute atomic E-state index is 13.7. The van der Waals surface area contributed by atoms with Gasteiger partial charge in [-0.15, -0.1) is 0 Å². The predicted molar refractivity (Wildman–Crippen MR) is 81.3 cm³/mol. The van der Waals surface area contributed by atoms with Crippen LogP contribution in [-0.4, -0.2) is 16.5 Å². The van der Waals surface area contributed by atoms with Crippen LogP contribution in [0.5, 0.6) is 0 Å². The lowest BCUT2D eigenvalue weighted by molar-refractivity contribution is 0.619. The molecule has 0 aliphatic carbocycles. The monoisotopic (exact) mass is 388 g/mol. The van der Waals surface area contributed by atoms with E-state index in [0.29, 0.717) is 12.5 Å². The average Bonchev–Trinajstić information content (AvgIpc) is 2.38. The van der Waals surface area contributed by atoms with E-state index in [-0.39, 0.29) is 5.82 Å². The van der Waals surface area contributed by atoms with Gasteiger partial charge in [0.2, 0.25) is 5.95 Å². The summed E-state index contributed by atoms with van der Waals surface area (Å²) in [5.41, 5.74) is 0.717. The fourth-order valence-corrected chi connectivity index (χ4v) is 2.13. The van der Waals surface area contributed by atoms with Gasteiger partial charge in [-0.1, -0.05) is 15.9 Å². The zero-order chi connectivity index (χ0) is 13.8. The normalized spacial score (nSPS) is 10.3. The zero-order valence-corrected chi connectivity index (χ0v) is 13.2. The summed E-state index contributed by atoms with van der Waals surface area (Å²) in [7, 11) is 0. The summed E-state index contributed by atoms with van der Waals surface area (Å²) in [5, 5.41) is 5.87. The van der Waals surface area contributed by atoms with Crippen LogP contribution in [0.4, 0.5) is 21.8 Å². The van der Waals surface area contributed by atoms with Gasteiger partial charge in [-0.05, 0) is 41.1 Å². The number of halogens is 3. The minimum atomic E-state index is -0.506. The average molecular weight is 390 g/mol. The van der Waals surface area contributed by atoms with Crippen LogP contribution < -0.4 is 10.6 Å². The smallest absolute Gasteiger partial charge is 0.224 e. The Bertz CT molecular complexity index is 592. The van der Waals surface area contributed by atoms with Gasteiger partial charge in [0.05, 0.1) is 11.9 Å². The van der Waals surface area contributed by atoms with E-state index in [1.165, 1.54) is 0 Å². The Kier molecular flexibility index (Phi) is 4.71. The number of rotatable bonds is 4. The molecule has 2 N–H and O–H groups in total. The molecule has 100 valence electrons. The molecule has 0 atom stereocenters. The zero-order valence-electron chi connectivity index (χ0n) is 10.0. The second kappa shape index (κ2) is 6.29.